The summed E-state index contributed by atoms with van der Waals surface area (Å²) >= 11 is 0. The highest BCUT2D eigenvalue weighted by atomic mass is 16.1. The van der Waals surface area contributed by atoms with Crippen molar-refractivity contribution in [3.63, 3.8) is 0 Å². The maximum absolute atomic E-state index is 11.5. The highest BCUT2D eigenvalue weighted by molar-refractivity contribution is 5.76. The summed E-state index contributed by atoms with van der Waals surface area (Å²) in [7, 11) is 0. The first-order valence-corrected chi connectivity index (χ1v) is 6.54. The van der Waals surface area contributed by atoms with Crippen LogP contribution in [0.25, 0.3) is 0 Å². The quantitative estimate of drug-likeness (QED) is 0.532. The van der Waals surface area contributed by atoms with Crippen molar-refractivity contribution in [2.45, 2.75) is 38.6 Å². The van der Waals surface area contributed by atoms with Crippen LogP contribution < -0.4 is 16.4 Å². The number of rotatable bonds is 6. The summed E-state index contributed by atoms with van der Waals surface area (Å²) in [5.41, 5.74) is 8.76. The Morgan fingerprint density at radius 3 is 2.89 bits per heavy atom. The van der Waals surface area contributed by atoms with E-state index in [1.54, 1.807) is 0 Å². The molecule has 1 aromatic rings. The zero-order valence-corrected chi connectivity index (χ0v) is 10.8. The number of nitrogen functional groups attached to an aromatic ring is 1. The van der Waals surface area contributed by atoms with Crippen LogP contribution in [0.1, 0.15) is 31.2 Å². The molecule has 0 spiro atoms. The lowest BCUT2D eigenvalue weighted by Gasteiger charge is -2.09. The van der Waals surface area contributed by atoms with Gasteiger partial charge in [0.15, 0.2) is 0 Å². The van der Waals surface area contributed by atoms with Crippen molar-refractivity contribution < 1.29 is 4.79 Å². The van der Waals surface area contributed by atoms with E-state index in [2.05, 4.69) is 10.6 Å². The molecule has 1 amide bonds. The number of carbonyl (C=O) groups excluding carboxylic acids is 1. The van der Waals surface area contributed by atoms with E-state index in [-0.39, 0.29) is 5.91 Å². The van der Waals surface area contributed by atoms with E-state index in [0.717, 1.165) is 42.7 Å². The average Bonchev–Trinajstić information content (AvgIpc) is 3.10. The van der Waals surface area contributed by atoms with Crippen LogP contribution in [0.2, 0.25) is 0 Å². The zero-order valence-electron chi connectivity index (χ0n) is 10.8. The van der Waals surface area contributed by atoms with Crippen LogP contribution in [0.4, 0.5) is 11.4 Å². The molecule has 98 valence electrons. The fourth-order valence-corrected chi connectivity index (χ4v) is 1.84. The molecule has 0 aliphatic heterocycles. The van der Waals surface area contributed by atoms with E-state index >= 15 is 0 Å². The third kappa shape index (κ3) is 3.95. The molecular weight excluding hydrogens is 226 g/mol. The van der Waals surface area contributed by atoms with Gasteiger partial charge in [-0.2, -0.15) is 0 Å². The summed E-state index contributed by atoms with van der Waals surface area (Å²) in [6, 6.07) is 6.41. The number of benzene rings is 1. The molecule has 0 atom stereocenters. The Bertz CT molecular complexity index is 427. The zero-order chi connectivity index (χ0) is 13.0. The fraction of sp³-hybridized carbons (Fsp3) is 0.500. The highest BCUT2D eigenvalue weighted by Crippen LogP contribution is 2.20. The Hall–Kier alpha value is -1.71. The second kappa shape index (κ2) is 5.76. The molecule has 0 radical (unpaired) electrons. The van der Waals surface area contributed by atoms with Gasteiger partial charge in [0, 0.05) is 19.0 Å². The standard InChI is InChI=1S/C14H21N3O/c1-10-4-7-13(12(15)9-10)16-8-2-3-14(18)17-11-5-6-11/h4,7,9,11,16H,2-3,5-6,8,15H2,1H3,(H,17,18). The molecule has 2 rings (SSSR count). The van der Waals surface area contributed by atoms with Gasteiger partial charge < -0.3 is 16.4 Å². The van der Waals surface area contributed by atoms with Crippen LogP contribution in [0, 0.1) is 6.92 Å². The van der Waals surface area contributed by atoms with Crippen molar-refractivity contribution in [1.29, 1.82) is 0 Å². The van der Waals surface area contributed by atoms with Gasteiger partial charge in [-0.25, -0.2) is 0 Å². The van der Waals surface area contributed by atoms with Crippen molar-refractivity contribution in [3.8, 4) is 0 Å². The lowest BCUT2D eigenvalue weighted by Crippen LogP contribution is -2.25. The minimum Gasteiger partial charge on any atom is -0.397 e. The van der Waals surface area contributed by atoms with Crippen LogP contribution in [0.15, 0.2) is 18.2 Å². The maximum atomic E-state index is 11.5. The minimum absolute atomic E-state index is 0.163. The SMILES string of the molecule is Cc1ccc(NCCCC(=O)NC2CC2)c(N)c1. The number of carbonyl (C=O) groups is 1. The third-order valence-electron chi connectivity index (χ3n) is 3.05. The van der Waals surface area contributed by atoms with E-state index in [0.29, 0.717) is 12.5 Å². The highest BCUT2D eigenvalue weighted by Gasteiger charge is 2.22. The van der Waals surface area contributed by atoms with Crippen molar-refractivity contribution >= 4 is 17.3 Å². The van der Waals surface area contributed by atoms with Crippen LogP contribution in [-0.2, 0) is 4.79 Å². The number of hydrogen-bond donors (Lipinski definition) is 3. The van der Waals surface area contributed by atoms with E-state index in [4.69, 9.17) is 5.73 Å². The molecule has 0 saturated heterocycles. The number of aryl methyl sites for hydroxylation is 1. The molecule has 0 heterocycles. The van der Waals surface area contributed by atoms with Gasteiger partial charge in [0.2, 0.25) is 5.91 Å². The van der Waals surface area contributed by atoms with Gasteiger partial charge in [0.25, 0.3) is 0 Å². The van der Waals surface area contributed by atoms with Gasteiger partial charge in [0.05, 0.1) is 11.4 Å². The van der Waals surface area contributed by atoms with E-state index < -0.39 is 0 Å². The van der Waals surface area contributed by atoms with Gasteiger partial charge in [0.1, 0.15) is 0 Å². The van der Waals surface area contributed by atoms with Gasteiger partial charge in [-0.1, -0.05) is 6.07 Å². The molecule has 4 nitrogen and oxygen atoms in total. The first-order valence-electron chi connectivity index (χ1n) is 6.54. The second-order valence-corrected chi connectivity index (χ2v) is 4.96. The second-order valence-electron chi connectivity index (χ2n) is 4.96. The summed E-state index contributed by atoms with van der Waals surface area (Å²) in [5.74, 6) is 0.163. The van der Waals surface area contributed by atoms with Gasteiger partial charge in [-0.15, -0.1) is 0 Å². The first-order chi connectivity index (χ1) is 8.65. The van der Waals surface area contributed by atoms with Crippen molar-refractivity contribution in [3.05, 3.63) is 23.8 Å². The number of nitrogens with two attached hydrogens (primary N) is 1. The first kappa shape index (κ1) is 12.7. The van der Waals surface area contributed by atoms with Gasteiger partial charge >= 0.3 is 0 Å². The molecule has 1 aliphatic rings. The lowest BCUT2D eigenvalue weighted by atomic mass is 10.2. The monoisotopic (exact) mass is 247 g/mol. The Morgan fingerprint density at radius 2 is 2.22 bits per heavy atom. The number of anilines is 2. The van der Waals surface area contributed by atoms with Crippen LogP contribution >= 0.6 is 0 Å². The minimum atomic E-state index is 0.163. The smallest absolute Gasteiger partial charge is 0.220 e. The normalized spacial score (nSPS) is 14.3. The van der Waals surface area contributed by atoms with E-state index in [1.165, 1.54) is 0 Å². The molecular formula is C14H21N3O. The summed E-state index contributed by atoms with van der Waals surface area (Å²) in [6.07, 6.45) is 3.69. The predicted octanol–water partition coefficient (Wildman–Crippen LogP) is 2.05. The average molecular weight is 247 g/mol. The molecule has 0 aromatic heterocycles. The molecule has 4 N–H and O–H groups in total. The van der Waals surface area contributed by atoms with E-state index in [1.807, 2.05) is 25.1 Å². The molecule has 0 unspecified atom stereocenters. The fourth-order valence-electron chi connectivity index (χ4n) is 1.84. The summed E-state index contributed by atoms with van der Waals surface area (Å²) in [5, 5.41) is 6.24. The van der Waals surface area contributed by atoms with Crippen LogP contribution in [0.3, 0.4) is 0 Å². The topological polar surface area (TPSA) is 67.2 Å². The summed E-state index contributed by atoms with van der Waals surface area (Å²) < 4.78 is 0. The predicted molar refractivity (Wildman–Crippen MR) is 74.5 cm³/mol. The molecule has 1 saturated carbocycles. The Balaban J connectivity index is 1.66. The molecule has 1 fully saturated rings. The lowest BCUT2D eigenvalue weighted by molar-refractivity contribution is -0.121. The number of amides is 1. The van der Waals surface area contributed by atoms with Crippen LogP contribution in [0.5, 0.6) is 0 Å². The Labute approximate surface area is 108 Å². The molecule has 1 aliphatic carbocycles. The number of nitrogens with one attached hydrogen (secondary N) is 2. The van der Waals surface area contributed by atoms with Crippen molar-refractivity contribution in [2.24, 2.45) is 0 Å². The largest absolute Gasteiger partial charge is 0.397 e. The van der Waals surface area contributed by atoms with Crippen molar-refractivity contribution in [1.82, 2.24) is 5.32 Å². The van der Waals surface area contributed by atoms with Gasteiger partial charge in [-0.05, 0) is 43.9 Å². The molecule has 1 aromatic carbocycles. The maximum Gasteiger partial charge on any atom is 0.220 e. The summed E-state index contributed by atoms with van der Waals surface area (Å²) in [4.78, 5) is 11.5. The molecule has 4 heteroatoms. The summed E-state index contributed by atoms with van der Waals surface area (Å²) in [6.45, 7) is 2.79. The third-order valence-corrected chi connectivity index (χ3v) is 3.05. The number of hydrogen-bond acceptors (Lipinski definition) is 3. The van der Waals surface area contributed by atoms with Crippen molar-refractivity contribution in [2.75, 3.05) is 17.6 Å². The Kier molecular flexibility index (Phi) is 4.07. The van der Waals surface area contributed by atoms with E-state index in [9.17, 15) is 4.79 Å². The van der Waals surface area contributed by atoms with Gasteiger partial charge in [-0.3, -0.25) is 4.79 Å². The molecule has 0 bridgehead atoms. The van der Waals surface area contributed by atoms with Crippen LogP contribution in [-0.4, -0.2) is 18.5 Å². The Morgan fingerprint density at radius 1 is 1.44 bits per heavy atom. The molecule has 18 heavy (non-hydrogen) atoms.